The normalized spacial score (nSPS) is 12.0. The molecule has 0 aliphatic carbocycles. The van der Waals surface area contributed by atoms with Gasteiger partial charge in [0.2, 0.25) is 0 Å². The monoisotopic (exact) mass is 284 g/mol. The van der Waals surface area contributed by atoms with Gasteiger partial charge in [0, 0.05) is 24.6 Å². The van der Waals surface area contributed by atoms with Gasteiger partial charge in [-0.15, -0.1) is 0 Å². The third kappa shape index (κ3) is 3.72. The number of anilines is 2. The van der Waals surface area contributed by atoms with E-state index in [1.165, 1.54) is 5.56 Å². The van der Waals surface area contributed by atoms with Gasteiger partial charge in [0.1, 0.15) is 17.5 Å². The molecule has 0 aliphatic heterocycles. The van der Waals surface area contributed by atoms with Crippen molar-refractivity contribution in [2.24, 2.45) is 0 Å². The second kappa shape index (κ2) is 7.07. The maximum atomic E-state index is 4.64. The first kappa shape index (κ1) is 15.3. The van der Waals surface area contributed by atoms with E-state index < -0.39 is 0 Å². The van der Waals surface area contributed by atoms with Gasteiger partial charge in [0.05, 0.1) is 0 Å². The van der Waals surface area contributed by atoms with Gasteiger partial charge in [-0.05, 0) is 26.3 Å². The Morgan fingerprint density at radius 2 is 1.71 bits per heavy atom. The predicted octanol–water partition coefficient (Wildman–Crippen LogP) is 3.95. The van der Waals surface area contributed by atoms with E-state index in [0.29, 0.717) is 0 Å². The minimum atomic E-state index is 0.207. The molecule has 4 heteroatoms. The van der Waals surface area contributed by atoms with Crippen LogP contribution in [0.4, 0.5) is 11.6 Å². The highest BCUT2D eigenvalue weighted by Gasteiger charge is 2.12. The summed E-state index contributed by atoms with van der Waals surface area (Å²) >= 11 is 0. The van der Waals surface area contributed by atoms with Crippen molar-refractivity contribution in [3.05, 3.63) is 47.3 Å². The summed E-state index contributed by atoms with van der Waals surface area (Å²) in [6.07, 6.45) is 0.826. The second-order valence-corrected chi connectivity index (χ2v) is 5.12. The Labute approximate surface area is 127 Å². The number of hydrogen-bond donors (Lipinski definition) is 2. The van der Waals surface area contributed by atoms with E-state index in [1.54, 1.807) is 0 Å². The summed E-state index contributed by atoms with van der Waals surface area (Å²) in [4.78, 5) is 9.20. The fourth-order valence-electron chi connectivity index (χ4n) is 2.23. The molecule has 1 aromatic heterocycles. The maximum Gasteiger partial charge on any atom is 0.135 e. The molecule has 0 saturated carbocycles. The van der Waals surface area contributed by atoms with Crippen LogP contribution in [0.3, 0.4) is 0 Å². The lowest BCUT2D eigenvalue weighted by molar-refractivity contribution is 0.851. The summed E-state index contributed by atoms with van der Waals surface area (Å²) < 4.78 is 0. The molecule has 0 saturated heterocycles. The first-order chi connectivity index (χ1) is 10.2. The number of aromatic nitrogens is 2. The minimum Gasteiger partial charge on any atom is -0.370 e. The van der Waals surface area contributed by atoms with E-state index >= 15 is 0 Å². The van der Waals surface area contributed by atoms with E-state index in [2.05, 4.69) is 72.6 Å². The van der Waals surface area contributed by atoms with Crippen LogP contribution < -0.4 is 10.6 Å². The van der Waals surface area contributed by atoms with Crippen LogP contribution in [0.15, 0.2) is 30.3 Å². The summed E-state index contributed by atoms with van der Waals surface area (Å²) in [5.41, 5.74) is 2.32. The molecule has 1 heterocycles. The SMILES string of the molecule is CCNc1nc(CC)nc(NC(C)c2ccccc2)c1C. The number of aryl methyl sites for hydroxylation is 1. The van der Waals surface area contributed by atoms with E-state index in [9.17, 15) is 0 Å². The Balaban J connectivity index is 2.28. The number of rotatable bonds is 6. The van der Waals surface area contributed by atoms with Crippen molar-refractivity contribution in [3.63, 3.8) is 0 Å². The van der Waals surface area contributed by atoms with Crippen LogP contribution in [0.2, 0.25) is 0 Å². The Bertz CT molecular complexity index is 581. The summed E-state index contributed by atoms with van der Waals surface area (Å²) in [5, 5.41) is 6.82. The molecule has 112 valence electrons. The topological polar surface area (TPSA) is 49.8 Å². The summed E-state index contributed by atoms with van der Waals surface area (Å²) in [6.45, 7) is 9.21. The molecule has 0 radical (unpaired) electrons. The van der Waals surface area contributed by atoms with Gasteiger partial charge in [-0.1, -0.05) is 37.3 Å². The molecule has 2 N–H and O–H groups in total. The van der Waals surface area contributed by atoms with Gasteiger partial charge >= 0.3 is 0 Å². The van der Waals surface area contributed by atoms with Crippen molar-refractivity contribution in [3.8, 4) is 0 Å². The molecular formula is C17H24N4. The smallest absolute Gasteiger partial charge is 0.135 e. The molecular weight excluding hydrogens is 260 g/mol. The third-order valence-electron chi connectivity index (χ3n) is 3.51. The van der Waals surface area contributed by atoms with Gasteiger partial charge in [-0.25, -0.2) is 9.97 Å². The Kier molecular flexibility index (Phi) is 5.14. The number of benzene rings is 1. The van der Waals surface area contributed by atoms with Crippen molar-refractivity contribution in [2.45, 2.75) is 40.2 Å². The highest BCUT2D eigenvalue weighted by atomic mass is 15.1. The van der Waals surface area contributed by atoms with E-state index in [-0.39, 0.29) is 6.04 Å². The quantitative estimate of drug-likeness (QED) is 0.843. The van der Waals surface area contributed by atoms with Crippen LogP contribution in [0, 0.1) is 6.92 Å². The van der Waals surface area contributed by atoms with Crippen LogP contribution in [0.25, 0.3) is 0 Å². The molecule has 1 aromatic carbocycles. The maximum absolute atomic E-state index is 4.64. The fourth-order valence-corrected chi connectivity index (χ4v) is 2.23. The molecule has 1 atom stereocenters. The van der Waals surface area contributed by atoms with E-state index in [4.69, 9.17) is 0 Å². The van der Waals surface area contributed by atoms with Crippen molar-refractivity contribution in [1.82, 2.24) is 9.97 Å². The molecule has 2 rings (SSSR count). The molecule has 2 aromatic rings. The summed E-state index contributed by atoms with van der Waals surface area (Å²) in [7, 11) is 0. The molecule has 0 aliphatic rings. The van der Waals surface area contributed by atoms with E-state index in [0.717, 1.165) is 36.0 Å². The number of hydrogen-bond acceptors (Lipinski definition) is 4. The Hall–Kier alpha value is -2.10. The molecule has 21 heavy (non-hydrogen) atoms. The minimum absolute atomic E-state index is 0.207. The van der Waals surface area contributed by atoms with Crippen molar-refractivity contribution in [2.75, 3.05) is 17.2 Å². The van der Waals surface area contributed by atoms with Crippen LogP contribution >= 0.6 is 0 Å². The largest absolute Gasteiger partial charge is 0.370 e. The van der Waals surface area contributed by atoms with Gasteiger partial charge in [0.15, 0.2) is 0 Å². The zero-order valence-electron chi connectivity index (χ0n) is 13.3. The van der Waals surface area contributed by atoms with Gasteiger partial charge in [-0.2, -0.15) is 0 Å². The molecule has 0 spiro atoms. The number of nitrogens with zero attached hydrogens (tertiary/aromatic N) is 2. The summed E-state index contributed by atoms with van der Waals surface area (Å²) in [6, 6.07) is 10.6. The predicted molar refractivity (Wildman–Crippen MR) is 88.8 cm³/mol. The van der Waals surface area contributed by atoms with Crippen molar-refractivity contribution < 1.29 is 0 Å². The summed E-state index contributed by atoms with van der Waals surface area (Å²) in [5.74, 6) is 2.69. The average Bonchev–Trinajstić information content (AvgIpc) is 2.52. The van der Waals surface area contributed by atoms with Gasteiger partial charge < -0.3 is 10.6 Å². The lowest BCUT2D eigenvalue weighted by atomic mass is 10.1. The second-order valence-electron chi connectivity index (χ2n) is 5.12. The van der Waals surface area contributed by atoms with Crippen LogP contribution in [-0.2, 0) is 6.42 Å². The van der Waals surface area contributed by atoms with Crippen LogP contribution in [0.5, 0.6) is 0 Å². The molecule has 0 amide bonds. The Morgan fingerprint density at radius 3 is 2.33 bits per heavy atom. The Morgan fingerprint density at radius 1 is 1.05 bits per heavy atom. The van der Waals surface area contributed by atoms with Crippen molar-refractivity contribution >= 4 is 11.6 Å². The highest BCUT2D eigenvalue weighted by molar-refractivity contribution is 5.58. The van der Waals surface area contributed by atoms with Gasteiger partial charge in [0.25, 0.3) is 0 Å². The standard InChI is InChI=1S/C17H24N4/c1-5-15-20-16(18-6-2)12(3)17(21-15)19-13(4)14-10-8-7-9-11-14/h7-11,13H,5-6H2,1-4H3,(H2,18,19,20,21). The first-order valence-corrected chi connectivity index (χ1v) is 7.58. The molecule has 4 nitrogen and oxygen atoms in total. The highest BCUT2D eigenvalue weighted by Crippen LogP contribution is 2.24. The van der Waals surface area contributed by atoms with Crippen LogP contribution in [-0.4, -0.2) is 16.5 Å². The van der Waals surface area contributed by atoms with E-state index in [1.807, 2.05) is 6.07 Å². The number of nitrogens with one attached hydrogen (secondary N) is 2. The molecule has 0 fully saturated rings. The zero-order valence-corrected chi connectivity index (χ0v) is 13.3. The molecule has 1 unspecified atom stereocenters. The third-order valence-corrected chi connectivity index (χ3v) is 3.51. The first-order valence-electron chi connectivity index (χ1n) is 7.58. The lowest BCUT2D eigenvalue weighted by Gasteiger charge is -2.19. The zero-order chi connectivity index (χ0) is 15.2. The average molecular weight is 284 g/mol. The van der Waals surface area contributed by atoms with Crippen molar-refractivity contribution in [1.29, 1.82) is 0 Å². The fraction of sp³-hybridized carbons (Fsp3) is 0.412. The molecule has 0 bridgehead atoms. The lowest BCUT2D eigenvalue weighted by Crippen LogP contribution is -2.13. The van der Waals surface area contributed by atoms with Crippen LogP contribution in [0.1, 0.15) is 43.8 Å². The van der Waals surface area contributed by atoms with Gasteiger partial charge in [-0.3, -0.25) is 0 Å².